The van der Waals surface area contributed by atoms with E-state index >= 15 is 0 Å². The van der Waals surface area contributed by atoms with E-state index in [1.807, 2.05) is 0 Å². The molecule has 3 fully saturated rings. The summed E-state index contributed by atoms with van der Waals surface area (Å²) >= 11 is 0. The Hall–Kier alpha value is -4.08. The minimum absolute atomic E-state index is 0.131. The highest BCUT2D eigenvalue weighted by atomic mass is 19.1. The monoisotopic (exact) mass is 518 g/mol. The van der Waals surface area contributed by atoms with E-state index in [0.717, 1.165) is 31.9 Å². The van der Waals surface area contributed by atoms with Gasteiger partial charge in [0.1, 0.15) is 23.1 Å². The van der Waals surface area contributed by atoms with Gasteiger partial charge in [-0.1, -0.05) is 6.07 Å². The molecular weight excluding hydrogens is 490 g/mol. The molecular formula is C28H28F2N6O2. The van der Waals surface area contributed by atoms with E-state index in [4.69, 9.17) is 9.97 Å². The van der Waals surface area contributed by atoms with Crippen molar-refractivity contribution in [3.8, 4) is 22.6 Å². The molecule has 38 heavy (non-hydrogen) atoms. The summed E-state index contributed by atoms with van der Waals surface area (Å²) < 4.78 is 29.0. The van der Waals surface area contributed by atoms with Crippen LogP contribution in [0.15, 0.2) is 42.7 Å². The van der Waals surface area contributed by atoms with Crippen LogP contribution in [-0.4, -0.2) is 51.1 Å². The summed E-state index contributed by atoms with van der Waals surface area (Å²) in [5.41, 5.74) is 2.49. The van der Waals surface area contributed by atoms with Crippen molar-refractivity contribution in [3.05, 3.63) is 54.4 Å². The third-order valence-corrected chi connectivity index (χ3v) is 8.01. The van der Waals surface area contributed by atoms with Gasteiger partial charge in [-0.15, -0.1) is 0 Å². The van der Waals surface area contributed by atoms with E-state index in [1.165, 1.54) is 12.1 Å². The molecule has 0 radical (unpaired) electrons. The number of pyridine rings is 1. The Kier molecular flexibility index (Phi) is 5.97. The van der Waals surface area contributed by atoms with Crippen molar-refractivity contribution in [1.29, 1.82) is 0 Å². The predicted molar refractivity (Wildman–Crippen MR) is 141 cm³/mol. The number of aromatic amines is 1. The third-order valence-electron chi connectivity index (χ3n) is 8.01. The van der Waals surface area contributed by atoms with Crippen LogP contribution in [0.25, 0.3) is 33.7 Å². The number of nitrogens with zero attached hydrogens (tertiary/aromatic N) is 4. The molecule has 0 saturated heterocycles. The number of anilines is 2. The Labute approximate surface area is 218 Å². The number of aromatic nitrogens is 4. The van der Waals surface area contributed by atoms with E-state index in [2.05, 4.69) is 15.3 Å². The number of halogens is 2. The molecule has 0 amide bonds. The SMILES string of the molecule is CN(C)c1ccc(-c2cc(NC3C4CCC(CC4)C3C(=O)O)nc(-c3c[nH]c4ncc(F)cc34)n2)cc1F. The lowest BCUT2D eigenvalue weighted by atomic mass is 9.61. The number of carboxylic acid groups (broad SMARTS) is 1. The first kappa shape index (κ1) is 24.3. The zero-order chi connectivity index (χ0) is 26.6. The molecule has 3 aliphatic carbocycles. The number of carboxylic acids is 1. The van der Waals surface area contributed by atoms with Crippen LogP contribution in [0.4, 0.5) is 20.3 Å². The summed E-state index contributed by atoms with van der Waals surface area (Å²) in [6.45, 7) is 0. The van der Waals surface area contributed by atoms with Crippen LogP contribution in [0.2, 0.25) is 0 Å². The average molecular weight is 519 g/mol. The number of aliphatic carboxylic acids is 1. The highest BCUT2D eigenvalue weighted by Gasteiger charge is 2.47. The van der Waals surface area contributed by atoms with Crippen LogP contribution in [0, 0.1) is 29.4 Å². The molecule has 4 aromatic rings. The van der Waals surface area contributed by atoms with Crippen LogP contribution in [0.3, 0.4) is 0 Å². The third kappa shape index (κ3) is 4.23. The van der Waals surface area contributed by atoms with Crippen LogP contribution in [-0.2, 0) is 4.79 Å². The highest BCUT2D eigenvalue weighted by molar-refractivity contribution is 5.92. The molecule has 10 heteroatoms. The van der Waals surface area contributed by atoms with Crippen molar-refractivity contribution in [2.24, 2.45) is 17.8 Å². The van der Waals surface area contributed by atoms with Gasteiger partial charge in [0.2, 0.25) is 0 Å². The number of H-pyrrole nitrogens is 1. The molecule has 2 bridgehead atoms. The average Bonchev–Trinajstić information content (AvgIpc) is 3.31. The van der Waals surface area contributed by atoms with E-state index in [9.17, 15) is 18.7 Å². The summed E-state index contributed by atoms with van der Waals surface area (Å²) in [6.07, 6.45) is 6.59. The maximum absolute atomic E-state index is 14.9. The van der Waals surface area contributed by atoms with Gasteiger partial charge in [0.25, 0.3) is 0 Å². The lowest BCUT2D eigenvalue weighted by Crippen LogP contribution is -2.51. The Morgan fingerprint density at radius 3 is 2.55 bits per heavy atom. The van der Waals surface area contributed by atoms with Crippen molar-refractivity contribution in [3.63, 3.8) is 0 Å². The van der Waals surface area contributed by atoms with Crippen molar-refractivity contribution in [2.45, 2.75) is 31.7 Å². The first-order valence-electron chi connectivity index (χ1n) is 12.8. The zero-order valence-corrected chi connectivity index (χ0v) is 21.1. The number of fused-ring (bicyclic) bond motifs is 4. The quantitative estimate of drug-likeness (QED) is 0.317. The van der Waals surface area contributed by atoms with Gasteiger partial charge >= 0.3 is 5.97 Å². The summed E-state index contributed by atoms with van der Waals surface area (Å²) in [5.74, 6) is -1.08. The minimum Gasteiger partial charge on any atom is -0.481 e. The van der Waals surface area contributed by atoms with Gasteiger partial charge < -0.3 is 20.3 Å². The fourth-order valence-electron chi connectivity index (χ4n) is 6.16. The number of nitrogens with one attached hydrogen (secondary N) is 2. The predicted octanol–water partition coefficient (Wildman–Crippen LogP) is 5.33. The maximum Gasteiger partial charge on any atom is 0.308 e. The van der Waals surface area contributed by atoms with Gasteiger partial charge in [-0.25, -0.2) is 23.7 Å². The molecule has 3 saturated carbocycles. The Morgan fingerprint density at radius 1 is 1.08 bits per heavy atom. The molecule has 3 N–H and O–H groups in total. The van der Waals surface area contributed by atoms with E-state index in [0.29, 0.717) is 45.2 Å². The molecule has 0 aliphatic heterocycles. The van der Waals surface area contributed by atoms with Gasteiger partial charge in [-0.3, -0.25) is 4.79 Å². The second kappa shape index (κ2) is 9.34. The van der Waals surface area contributed by atoms with E-state index in [1.54, 1.807) is 43.4 Å². The molecule has 3 aliphatic rings. The number of rotatable bonds is 6. The molecule has 0 spiro atoms. The fraction of sp³-hybridized carbons (Fsp3) is 0.357. The lowest BCUT2D eigenvalue weighted by molar-refractivity contribution is -0.148. The summed E-state index contributed by atoms with van der Waals surface area (Å²) in [5, 5.41) is 14.0. The molecule has 7 rings (SSSR count). The normalized spacial score (nSPS) is 22.5. The molecule has 1 aromatic carbocycles. The molecule has 2 unspecified atom stereocenters. The Bertz CT molecular complexity index is 1530. The molecule has 3 heterocycles. The fourth-order valence-corrected chi connectivity index (χ4v) is 6.16. The van der Waals surface area contributed by atoms with E-state index in [-0.39, 0.29) is 17.9 Å². The van der Waals surface area contributed by atoms with Crippen LogP contribution < -0.4 is 10.2 Å². The first-order valence-corrected chi connectivity index (χ1v) is 12.8. The smallest absolute Gasteiger partial charge is 0.308 e. The summed E-state index contributed by atoms with van der Waals surface area (Å²) in [6, 6.07) is 7.71. The molecule has 2 atom stereocenters. The van der Waals surface area contributed by atoms with Crippen molar-refractivity contribution in [1.82, 2.24) is 19.9 Å². The Balaban J connectivity index is 1.47. The van der Waals surface area contributed by atoms with Crippen LogP contribution in [0.5, 0.6) is 0 Å². The Morgan fingerprint density at radius 2 is 1.84 bits per heavy atom. The second-order valence-corrected chi connectivity index (χ2v) is 10.5. The van der Waals surface area contributed by atoms with Crippen molar-refractivity contribution >= 4 is 28.5 Å². The summed E-state index contributed by atoms with van der Waals surface area (Å²) in [4.78, 5) is 30.5. The second-order valence-electron chi connectivity index (χ2n) is 10.5. The number of hydrogen-bond donors (Lipinski definition) is 3. The highest BCUT2D eigenvalue weighted by Crippen LogP contribution is 2.46. The lowest BCUT2D eigenvalue weighted by Gasteiger charge is -2.47. The van der Waals surface area contributed by atoms with E-state index < -0.39 is 23.5 Å². The van der Waals surface area contributed by atoms with Gasteiger partial charge in [-0.2, -0.15) is 0 Å². The maximum atomic E-state index is 14.9. The largest absolute Gasteiger partial charge is 0.481 e. The van der Waals surface area contributed by atoms with Crippen molar-refractivity contribution in [2.75, 3.05) is 24.3 Å². The van der Waals surface area contributed by atoms with Crippen molar-refractivity contribution < 1.29 is 18.7 Å². The van der Waals surface area contributed by atoms with Gasteiger partial charge in [0.15, 0.2) is 5.82 Å². The standard InChI is InChI=1S/C28H28F2N6O2/c1-36(2)22-8-7-16(9-20(22)30)21-11-23(34-25-15-5-3-14(4-6-15)24(25)28(37)38)35-27(33-21)19-13-32-26-18(19)10-17(29)12-31-26/h7-15,24-25H,3-6H2,1-2H3,(H,31,32)(H,37,38)(H,33,34,35). The van der Waals surface area contributed by atoms with Crippen LogP contribution >= 0.6 is 0 Å². The number of hydrogen-bond acceptors (Lipinski definition) is 6. The summed E-state index contributed by atoms with van der Waals surface area (Å²) in [7, 11) is 3.54. The van der Waals surface area contributed by atoms with Crippen LogP contribution in [0.1, 0.15) is 25.7 Å². The van der Waals surface area contributed by atoms with Gasteiger partial charge in [-0.05, 0) is 55.7 Å². The van der Waals surface area contributed by atoms with Gasteiger partial charge in [0.05, 0.1) is 23.5 Å². The zero-order valence-electron chi connectivity index (χ0n) is 21.1. The van der Waals surface area contributed by atoms with Gasteiger partial charge in [0, 0.05) is 48.9 Å². The number of benzene rings is 1. The minimum atomic E-state index is -0.800. The topological polar surface area (TPSA) is 107 Å². The number of carbonyl (C=O) groups is 1. The first-order chi connectivity index (χ1) is 18.3. The molecule has 3 aromatic heterocycles. The molecule has 8 nitrogen and oxygen atoms in total. The molecule has 196 valence electrons.